The highest BCUT2D eigenvalue weighted by Crippen LogP contribution is 2.31. The molecule has 0 aromatic carbocycles. The van der Waals surface area contributed by atoms with Crippen molar-refractivity contribution in [2.75, 3.05) is 18.9 Å². The third kappa shape index (κ3) is 2.62. The van der Waals surface area contributed by atoms with Crippen molar-refractivity contribution in [2.45, 2.75) is 37.6 Å². The molecule has 1 saturated heterocycles. The molecule has 1 unspecified atom stereocenters. The summed E-state index contributed by atoms with van der Waals surface area (Å²) in [6, 6.07) is -0.783. The Bertz CT molecular complexity index is 652. The molecular weight excluding hydrogens is 296 g/mol. The van der Waals surface area contributed by atoms with Gasteiger partial charge in [-0.1, -0.05) is 0 Å². The Labute approximate surface area is 123 Å². The van der Waals surface area contributed by atoms with E-state index in [0.29, 0.717) is 18.5 Å². The van der Waals surface area contributed by atoms with Gasteiger partial charge in [-0.3, -0.25) is 9.48 Å². The molecule has 118 valence electrons. The van der Waals surface area contributed by atoms with Gasteiger partial charge < -0.3 is 10.5 Å². The minimum absolute atomic E-state index is 0.0267. The van der Waals surface area contributed by atoms with E-state index >= 15 is 0 Å². The van der Waals surface area contributed by atoms with Gasteiger partial charge in [-0.05, 0) is 26.7 Å². The predicted octanol–water partition coefficient (Wildman–Crippen LogP) is 0.0269. The van der Waals surface area contributed by atoms with Crippen LogP contribution in [0, 0.1) is 6.92 Å². The maximum atomic E-state index is 12.8. The first-order valence-electron chi connectivity index (χ1n) is 6.78. The number of nitrogens with two attached hydrogens (primary N) is 1. The molecule has 21 heavy (non-hydrogen) atoms. The third-order valence-electron chi connectivity index (χ3n) is 3.63. The SMILES string of the molecule is CCOC(=O)C1CCCN1S(=O)(=O)c1c(N)nn(C)c1C. The summed E-state index contributed by atoms with van der Waals surface area (Å²) in [7, 11) is -2.25. The highest BCUT2D eigenvalue weighted by Gasteiger charge is 2.42. The second-order valence-electron chi connectivity index (χ2n) is 4.95. The molecule has 9 heteroatoms. The molecule has 0 radical (unpaired) electrons. The van der Waals surface area contributed by atoms with Crippen molar-refractivity contribution in [2.24, 2.45) is 7.05 Å². The van der Waals surface area contributed by atoms with Crippen molar-refractivity contribution >= 4 is 21.8 Å². The Hall–Kier alpha value is -1.61. The molecule has 0 spiro atoms. The van der Waals surface area contributed by atoms with Crippen LogP contribution in [0.25, 0.3) is 0 Å². The topological polar surface area (TPSA) is 108 Å². The van der Waals surface area contributed by atoms with Crippen molar-refractivity contribution in [1.29, 1.82) is 0 Å². The lowest BCUT2D eigenvalue weighted by Gasteiger charge is -2.22. The predicted molar refractivity (Wildman–Crippen MR) is 75.9 cm³/mol. The lowest BCUT2D eigenvalue weighted by Crippen LogP contribution is -2.41. The van der Waals surface area contributed by atoms with Crippen LogP contribution in [-0.2, 0) is 26.6 Å². The van der Waals surface area contributed by atoms with E-state index in [-0.39, 0.29) is 23.9 Å². The largest absolute Gasteiger partial charge is 0.465 e. The number of hydrogen-bond acceptors (Lipinski definition) is 6. The number of rotatable bonds is 4. The van der Waals surface area contributed by atoms with E-state index in [2.05, 4.69) is 5.10 Å². The number of carbonyl (C=O) groups excluding carboxylic acids is 1. The minimum atomic E-state index is -3.87. The Balaban J connectivity index is 2.41. The first-order valence-corrected chi connectivity index (χ1v) is 8.22. The maximum absolute atomic E-state index is 12.8. The van der Waals surface area contributed by atoms with Crippen LogP contribution < -0.4 is 5.73 Å². The molecule has 0 bridgehead atoms. The van der Waals surface area contributed by atoms with Crippen molar-refractivity contribution in [3.63, 3.8) is 0 Å². The van der Waals surface area contributed by atoms with Crippen LogP contribution in [0.4, 0.5) is 5.82 Å². The van der Waals surface area contributed by atoms with Crippen molar-refractivity contribution in [3.8, 4) is 0 Å². The van der Waals surface area contributed by atoms with Gasteiger partial charge in [0.15, 0.2) is 5.82 Å². The molecule has 1 atom stereocenters. The number of sulfonamides is 1. The first kappa shape index (κ1) is 15.8. The standard InChI is InChI=1S/C12H20N4O4S/c1-4-20-12(17)9-6-5-7-16(9)21(18,19)10-8(2)15(3)14-11(10)13/h9H,4-7H2,1-3H3,(H2,13,14). The molecule has 1 aromatic heterocycles. The van der Waals surface area contributed by atoms with Gasteiger partial charge in [-0.2, -0.15) is 9.40 Å². The average molecular weight is 316 g/mol. The highest BCUT2D eigenvalue weighted by molar-refractivity contribution is 7.89. The van der Waals surface area contributed by atoms with E-state index in [4.69, 9.17) is 10.5 Å². The number of aromatic nitrogens is 2. The summed E-state index contributed by atoms with van der Waals surface area (Å²) >= 11 is 0. The molecule has 1 fully saturated rings. The molecular formula is C12H20N4O4S. The van der Waals surface area contributed by atoms with Crippen LogP contribution in [0.1, 0.15) is 25.5 Å². The zero-order valence-corrected chi connectivity index (χ0v) is 13.2. The van der Waals surface area contributed by atoms with E-state index in [0.717, 1.165) is 0 Å². The zero-order chi connectivity index (χ0) is 15.8. The molecule has 2 heterocycles. The second-order valence-corrected chi connectivity index (χ2v) is 6.78. The first-order chi connectivity index (χ1) is 9.80. The highest BCUT2D eigenvalue weighted by atomic mass is 32.2. The van der Waals surface area contributed by atoms with E-state index in [1.165, 1.54) is 8.99 Å². The number of ether oxygens (including phenoxy) is 1. The minimum Gasteiger partial charge on any atom is -0.465 e. The van der Waals surface area contributed by atoms with Crippen LogP contribution in [0.5, 0.6) is 0 Å². The fourth-order valence-corrected chi connectivity index (χ4v) is 4.49. The summed E-state index contributed by atoms with van der Waals surface area (Å²) in [5.41, 5.74) is 6.17. The van der Waals surface area contributed by atoms with E-state index in [1.807, 2.05) is 0 Å². The number of nitrogens with zero attached hydrogens (tertiary/aromatic N) is 3. The average Bonchev–Trinajstić information content (AvgIpc) is 2.96. The molecule has 0 amide bonds. The Morgan fingerprint density at radius 3 is 2.71 bits per heavy atom. The van der Waals surface area contributed by atoms with Gasteiger partial charge in [0.2, 0.25) is 10.0 Å². The molecule has 1 aliphatic rings. The number of anilines is 1. The van der Waals surface area contributed by atoms with Crippen molar-refractivity contribution in [3.05, 3.63) is 5.69 Å². The van der Waals surface area contributed by atoms with Gasteiger partial charge >= 0.3 is 5.97 Å². The van der Waals surface area contributed by atoms with Gasteiger partial charge in [-0.25, -0.2) is 8.42 Å². The smallest absolute Gasteiger partial charge is 0.324 e. The summed E-state index contributed by atoms with van der Waals surface area (Å²) < 4.78 is 33.1. The molecule has 8 nitrogen and oxygen atoms in total. The summed E-state index contributed by atoms with van der Waals surface area (Å²) in [5.74, 6) is -0.566. The number of nitrogen functional groups attached to an aromatic ring is 1. The molecule has 2 N–H and O–H groups in total. The zero-order valence-electron chi connectivity index (χ0n) is 12.4. The van der Waals surface area contributed by atoms with Crippen LogP contribution in [0.15, 0.2) is 4.90 Å². The molecule has 1 aliphatic heterocycles. The van der Waals surface area contributed by atoms with Gasteiger partial charge in [0.05, 0.1) is 12.3 Å². The van der Waals surface area contributed by atoms with Crippen LogP contribution >= 0.6 is 0 Å². The fourth-order valence-electron chi connectivity index (χ4n) is 2.55. The quantitative estimate of drug-likeness (QED) is 0.785. The third-order valence-corrected chi connectivity index (χ3v) is 5.71. The lowest BCUT2D eigenvalue weighted by molar-refractivity contribution is -0.146. The Morgan fingerprint density at radius 1 is 1.52 bits per heavy atom. The van der Waals surface area contributed by atoms with Gasteiger partial charge in [0.1, 0.15) is 10.9 Å². The van der Waals surface area contributed by atoms with E-state index in [1.54, 1.807) is 20.9 Å². The van der Waals surface area contributed by atoms with Gasteiger partial charge in [0.25, 0.3) is 0 Å². The van der Waals surface area contributed by atoms with Crippen molar-refractivity contribution < 1.29 is 17.9 Å². The van der Waals surface area contributed by atoms with Crippen LogP contribution in [0.3, 0.4) is 0 Å². The van der Waals surface area contributed by atoms with E-state index in [9.17, 15) is 13.2 Å². The number of hydrogen-bond donors (Lipinski definition) is 1. The molecule has 0 aliphatic carbocycles. The summed E-state index contributed by atoms with van der Waals surface area (Å²) in [4.78, 5) is 11.9. The number of esters is 1. The number of carbonyl (C=O) groups is 1. The molecule has 1 aromatic rings. The van der Waals surface area contributed by atoms with Crippen LogP contribution in [-0.4, -0.2) is 47.7 Å². The Morgan fingerprint density at radius 2 is 2.19 bits per heavy atom. The van der Waals surface area contributed by atoms with Gasteiger partial charge in [-0.15, -0.1) is 0 Å². The molecule has 0 saturated carbocycles. The maximum Gasteiger partial charge on any atom is 0.324 e. The normalized spacial score (nSPS) is 19.9. The van der Waals surface area contributed by atoms with Crippen molar-refractivity contribution in [1.82, 2.24) is 14.1 Å². The van der Waals surface area contributed by atoms with Crippen LogP contribution in [0.2, 0.25) is 0 Å². The number of aryl methyl sites for hydroxylation is 1. The van der Waals surface area contributed by atoms with E-state index < -0.39 is 22.0 Å². The Kier molecular flexibility index (Phi) is 4.24. The summed E-state index contributed by atoms with van der Waals surface area (Å²) in [6.07, 6.45) is 1.07. The summed E-state index contributed by atoms with van der Waals surface area (Å²) in [5, 5.41) is 3.93. The second kappa shape index (κ2) is 5.64. The fraction of sp³-hybridized carbons (Fsp3) is 0.667. The lowest BCUT2D eigenvalue weighted by atomic mass is 10.2. The molecule has 2 rings (SSSR count). The summed E-state index contributed by atoms with van der Waals surface area (Å²) in [6.45, 7) is 3.82. The van der Waals surface area contributed by atoms with Gasteiger partial charge in [0, 0.05) is 13.6 Å². The monoisotopic (exact) mass is 316 g/mol.